The molecule has 0 amide bonds. The van der Waals surface area contributed by atoms with E-state index >= 15 is 0 Å². The maximum atomic E-state index is 11.0. The molecule has 0 aromatic carbocycles. The average Bonchev–Trinajstić information content (AvgIpc) is 2.68. The highest BCUT2D eigenvalue weighted by atomic mass is 32.1. The zero-order chi connectivity index (χ0) is 10.8. The SMILES string of the molecule is O=C1CCN(c2ncc(C(=O)O)s2)CC1. The standard InChI is InChI=1S/C9H10N2O3S/c12-6-1-3-11(4-2-6)9-10-5-7(15-9)8(13)14/h5H,1-4H2,(H,13,14). The number of carboxylic acids is 1. The van der Waals surface area contributed by atoms with Crippen molar-refractivity contribution in [3.8, 4) is 0 Å². The maximum absolute atomic E-state index is 11.0. The zero-order valence-corrected chi connectivity index (χ0v) is 8.79. The normalized spacial score (nSPS) is 16.8. The Labute approximate surface area is 90.4 Å². The molecule has 0 bridgehead atoms. The molecule has 1 saturated heterocycles. The molecular formula is C9H10N2O3S. The van der Waals surface area contributed by atoms with Crippen LogP contribution in [0, 0.1) is 0 Å². The molecule has 0 spiro atoms. The van der Waals surface area contributed by atoms with Gasteiger partial charge in [0, 0.05) is 25.9 Å². The van der Waals surface area contributed by atoms with E-state index in [9.17, 15) is 9.59 Å². The number of hydrogen-bond acceptors (Lipinski definition) is 5. The second-order valence-electron chi connectivity index (χ2n) is 3.34. The van der Waals surface area contributed by atoms with E-state index in [1.165, 1.54) is 6.20 Å². The van der Waals surface area contributed by atoms with E-state index < -0.39 is 5.97 Å². The predicted octanol–water partition coefficient (Wildman–Crippen LogP) is 1.01. The summed E-state index contributed by atoms with van der Waals surface area (Å²) in [6.07, 6.45) is 2.42. The van der Waals surface area contributed by atoms with Crippen molar-refractivity contribution in [3.05, 3.63) is 11.1 Å². The molecule has 1 aromatic heterocycles. The Balaban J connectivity index is 2.09. The summed E-state index contributed by atoms with van der Waals surface area (Å²) in [5, 5.41) is 9.43. The van der Waals surface area contributed by atoms with E-state index in [2.05, 4.69) is 4.98 Å². The molecule has 0 aliphatic carbocycles. The van der Waals surface area contributed by atoms with Gasteiger partial charge in [0.1, 0.15) is 10.7 Å². The van der Waals surface area contributed by atoms with E-state index in [1.54, 1.807) is 0 Å². The van der Waals surface area contributed by atoms with Crippen molar-refractivity contribution in [1.82, 2.24) is 4.98 Å². The Morgan fingerprint density at radius 1 is 1.47 bits per heavy atom. The number of carbonyl (C=O) groups excluding carboxylic acids is 1. The number of anilines is 1. The van der Waals surface area contributed by atoms with Gasteiger partial charge in [0.15, 0.2) is 5.13 Å². The summed E-state index contributed by atoms with van der Waals surface area (Å²) < 4.78 is 0. The summed E-state index contributed by atoms with van der Waals surface area (Å²) in [6, 6.07) is 0. The Bertz CT molecular complexity index is 392. The van der Waals surface area contributed by atoms with Gasteiger partial charge in [-0.1, -0.05) is 11.3 Å². The quantitative estimate of drug-likeness (QED) is 0.815. The van der Waals surface area contributed by atoms with Crippen molar-refractivity contribution >= 4 is 28.2 Å². The monoisotopic (exact) mass is 226 g/mol. The van der Waals surface area contributed by atoms with Gasteiger partial charge in [-0.3, -0.25) is 4.79 Å². The van der Waals surface area contributed by atoms with Crippen molar-refractivity contribution in [2.45, 2.75) is 12.8 Å². The van der Waals surface area contributed by atoms with Crippen LogP contribution >= 0.6 is 11.3 Å². The fourth-order valence-electron chi connectivity index (χ4n) is 1.46. The van der Waals surface area contributed by atoms with E-state index in [-0.39, 0.29) is 10.7 Å². The number of Topliss-reactive ketones (excluding diaryl/α,β-unsaturated/α-hetero) is 1. The molecule has 15 heavy (non-hydrogen) atoms. The molecule has 1 aliphatic heterocycles. The molecule has 0 atom stereocenters. The predicted molar refractivity (Wildman–Crippen MR) is 55.5 cm³/mol. The highest BCUT2D eigenvalue weighted by molar-refractivity contribution is 7.17. The van der Waals surface area contributed by atoms with E-state index in [0.717, 1.165) is 11.3 Å². The summed E-state index contributed by atoms with van der Waals surface area (Å²) in [4.78, 5) is 27.9. The Hall–Kier alpha value is -1.43. The third-order valence-corrected chi connectivity index (χ3v) is 3.34. The van der Waals surface area contributed by atoms with Crippen molar-refractivity contribution in [3.63, 3.8) is 0 Å². The lowest BCUT2D eigenvalue weighted by Crippen LogP contribution is -2.33. The maximum Gasteiger partial charge on any atom is 0.347 e. The summed E-state index contributed by atoms with van der Waals surface area (Å²) >= 11 is 1.15. The minimum Gasteiger partial charge on any atom is -0.477 e. The topological polar surface area (TPSA) is 70.5 Å². The van der Waals surface area contributed by atoms with Crippen LogP contribution in [0.1, 0.15) is 22.5 Å². The molecule has 0 radical (unpaired) electrons. The van der Waals surface area contributed by atoms with Crippen molar-refractivity contribution in [1.29, 1.82) is 0 Å². The summed E-state index contributed by atoms with van der Waals surface area (Å²) in [6.45, 7) is 1.29. The third-order valence-electron chi connectivity index (χ3n) is 2.30. The molecule has 1 aliphatic rings. The lowest BCUT2D eigenvalue weighted by atomic mass is 10.1. The van der Waals surface area contributed by atoms with E-state index in [1.807, 2.05) is 4.90 Å². The van der Waals surface area contributed by atoms with Crippen molar-refractivity contribution in [2.24, 2.45) is 0 Å². The van der Waals surface area contributed by atoms with Gasteiger partial charge in [-0.15, -0.1) is 0 Å². The molecule has 1 fully saturated rings. The van der Waals surface area contributed by atoms with E-state index in [4.69, 9.17) is 5.11 Å². The smallest absolute Gasteiger partial charge is 0.347 e. The van der Waals surface area contributed by atoms with Gasteiger partial charge in [0.2, 0.25) is 0 Å². The molecule has 1 N–H and O–H groups in total. The Morgan fingerprint density at radius 3 is 2.67 bits per heavy atom. The van der Waals surface area contributed by atoms with Crippen LogP contribution in [0.2, 0.25) is 0 Å². The first-order chi connectivity index (χ1) is 7.16. The van der Waals surface area contributed by atoms with Crippen LogP contribution in [0.3, 0.4) is 0 Å². The Morgan fingerprint density at radius 2 is 2.13 bits per heavy atom. The number of ketones is 1. The third kappa shape index (κ3) is 2.15. The lowest BCUT2D eigenvalue weighted by Gasteiger charge is -2.25. The second kappa shape index (κ2) is 3.98. The number of aromatic carboxylic acids is 1. The average molecular weight is 226 g/mol. The molecular weight excluding hydrogens is 216 g/mol. The fourth-order valence-corrected chi connectivity index (χ4v) is 2.26. The first kappa shape index (κ1) is 10.1. The van der Waals surface area contributed by atoms with Crippen LogP contribution in [-0.4, -0.2) is 34.9 Å². The van der Waals surface area contributed by atoms with Gasteiger partial charge in [0.05, 0.1) is 6.20 Å². The van der Waals surface area contributed by atoms with Gasteiger partial charge in [0.25, 0.3) is 0 Å². The van der Waals surface area contributed by atoms with Crippen molar-refractivity contribution in [2.75, 3.05) is 18.0 Å². The molecule has 0 saturated carbocycles. The minimum absolute atomic E-state index is 0.238. The van der Waals surface area contributed by atoms with Gasteiger partial charge >= 0.3 is 5.97 Å². The molecule has 5 nitrogen and oxygen atoms in total. The molecule has 6 heteroatoms. The van der Waals surface area contributed by atoms with Gasteiger partial charge < -0.3 is 10.0 Å². The molecule has 1 aromatic rings. The van der Waals surface area contributed by atoms with Gasteiger partial charge in [-0.25, -0.2) is 9.78 Å². The van der Waals surface area contributed by atoms with Gasteiger partial charge in [-0.05, 0) is 0 Å². The number of nitrogens with zero attached hydrogens (tertiary/aromatic N) is 2. The van der Waals surface area contributed by atoms with Crippen LogP contribution in [-0.2, 0) is 4.79 Å². The molecule has 0 unspecified atom stereocenters. The van der Waals surface area contributed by atoms with Crippen LogP contribution in [0.4, 0.5) is 5.13 Å². The highest BCUT2D eigenvalue weighted by Crippen LogP contribution is 2.24. The number of hydrogen-bond donors (Lipinski definition) is 1. The minimum atomic E-state index is -0.952. The summed E-state index contributed by atoms with van der Waals surface area (Å²) in [7, 11) is 0. The van der Waals surface area contributed by atoms with E-state index in [0.29, 0.717) is 31.1 Å². The number of carboxylic acid groups (broad SMARTS) is 1. The summed E-state index contributed by atoms with van der Waals surface area (Å²) in [5.41, 5.74) is 0. The number of piperidine rings is 1. The van der Waals surface area contributed by atoms with Gasteiger partial charge in [-0.2, -0.15) is 0 Å². The van der Waals surface area contributed by atoms with Crippen LogP contribution in [0.5, 0.6) is 0 Å². The van der Waals surface area contributed by atoms with Crippen LogP contribution in [0.15, 0.2) is 6.20 Å². The molecule has 80 valence electrons. The Kier molecular flexibility index (Phi) is 2.68. The van der Waals surface area contributed by atoms with Crippen LogP contribution < -0.4 is 4.90 Å². The molecule has 2 rings (SSSR count). The fraction of sp³-hybridized carbons (Fsp3) is 0.444. The first-order valence-electron chi connectivity index (χ1n) is 4.62. The number of rotatable bonds is 2. The molecule has 2 heterocycles. The number of carbonyl (C=O) groups is 2. The number of aromatic nitrogens is 1. The zero-order valence-electron chi connectivity index (χ0n) is 7.97. The largest absolute Gasteiger partial charge is 0.477 e. The highest BCUT2D eigenvalue weighted by Gasteiger charge is 2.19. The second-order valence-corrected chi connectivity index (χ2v) is 4.35. The van der Waals surface area contributed by atoms with Crippen molar-refractivity contribution < 1.29 is 14.7 Å². The number of thiazole rings is 1. The lowest BCUT2D eigenvalue weighted by molar-refractivity contribution is -0.119. The first-order valence-corrected chi connectivity index (χ1v) is 5.44. The van der Waals surface area contributed by atoms with Crippen LogP contribution in [0.25, 0.3) is 0 Å². The summed E-state index contributed by atoms with van der Waals surface area (Å²) in [5.74, 6) is -0.687.